The quantitative estimate of drug-likeness (QED) is 0.815. The summed E-state index contributed by atoms with van der Waals surface area (Å²) in [5, 5.41) is 3.71. The van der Waals surface area contributed by atoms with Gasteiger partial charge in [-0.25, -0.2) is 0 Å². The molecule has 0 saturated heterocycles. The monoisotopic (exact) mass is 245 g/mol. The third-order valence-electron chi connectivity index (χ3n) is 4.53. The Hall–Kier alpha value is -0.820. The Morgan fingerprint density at radius 1 is 1.11 bits per heavy atom. The maximum Gasteiger partial charge on any atom is 0.0351 e. The molecule has 1 fully saturated rings. The van der Waals surface area contributed by atoms with Crippen LogP contribution in [0.2, 0.25) is 0 Å². The first-order chi connectivity index (χ1) is 8.54. The van der Waals surface area contributed by atoms with Crippen molar-refractivity contribution in [1.82, 2.24) is 5.32 Å². The van der Waals surface area contributed by atoms with E-state index in [0.29, 0.717) is 6.04 Å². The molecule has 0 radical (unpaired) electrons. The second-order valence-corrected chi connectivity index (χ2v) is 6.02. The SMILES string of the molecule is CCNC(c1cc(C)c(C)cc1C)C(C)C1CC1. The van der Waals surface area contributed by atoms with Crippen LogP contribution in [0.1, 0.15) is 55.0 Å². The first-order valence-corrected chi connectivity index (χ1v) is 7.35. The van der Waals surface area contributed by atoms with E-state index >= 15 is 0 Å². The van der Waals surface area contributed by atoms with E-state index in [1.54, 1.807) is 0 Å². The maximum atomic E-state index is 3.71. The van der Waals surface area contributed by atoms with Crippen LogP contribution in [0.3, 0.4) is 0 Å². The van der Waals surface area contributed by atoms with Crippen LogP contribution < -0.4 is 5.32 Å². The van der Waals surface area contributed by atoms with Gasteiger partial charge in [-0.1, -0.05) is 26.0 Å². The van der Waals surface area contributed by atoms with Gasteiger partial charge in [-0.3, -0.25) is 0 Å². The predicted octanol–water partition coefficient (Wildman–Crippen LogP) is 4.31. The molecule has 0 bridgehead atoms. The van der Waals surface area contributed by atoms with Crippen molar-refractivity contribution in [3.05, 3.63) is 34.4 Å². The van der Waals surface area contributed by atoms with E-state index < -0.39 is 0 Å². The molecular formula is C17H27N. The number of nitrogens with one attached hydrogen (secondary N) is 1. The van der Waals surface area contributed by atoms with Gasteiger partial charge in [0.15, 0.2) is 0 Å². The first kappa shape index (κ1) is 13.6. The highest BCUT2D eigenvalue weighted by atomic mass is 14.9. The fourth-order valence-corrected chi connectivity index (χ4v) is 3.01. The highest BCUT2D eigenvalue weighted by Crippen LogP contribution is 2.43. The van der Waals surface area contributed by atoms with Crippen molar-refractivity contribution in [3.8, 4) is 0 Å². The molecule has 0 spiro atoms. The van der Waals surface area contributed by atoms with Gasteiger partial charge in [-0.2, -0.15) is 0 Å². The van der Waals surface area contributed by atoms with E-state index in [0.717, 1.165) is 18.4 Å². The van der Waals surface area contributed by atoms with Crippen molar-refractivity contribution in [2.24, 2.45) is 11.8 Å². The summed E-state index contributed by atoms with van der Waals surface area (Å²) >= 11 is 0. The largest absolute Gasteiger partial charge is 0.310 e. The van der Waals surface area contributed by atoms with Crippen LogP contribution in [0, 0.1) is 32.6 Å². The summed E-state index contributed by atoms with van der Waals surface area (Å²) in [6.45, 7) is 12.4. The summed E-state index contributed by atoms with van der Waals surface area (Å²) in [4.78, 5) is 0. The molecule has 1 aliphatic rings. The fraction of sp³-hybridized carbons (Fsp3) is 0.647. The maximum absolute atomic E-state index is 3.71. The van der Waals surface area contributed by atoms with Crippen LogP contribution in [0.15, 0.2) is 12.1 Å². The molecule has 0 heterocycles. The molecule has 0 aliphatic heterocycles. The lowest BCUT2D eigenvalue weighted by Crippen LogP contribution is -2.28. The lowest BCUT2D eigenvalue weighted by Gasteiger charge is -2.27. The summed E-state index contributed by atoms with van der Waals surface area (Å²) in [7, 11) is 0. The van der Waals surface area contributed by atoms with E-state index in [4.69, 9.17) is 0 Å². The third-order valence-corrected chi connectivity index (χ3v) is 4.53. The van der Waals surface area contributed by atoms with Gasteiger partial charge in [0.05, 0.1) is 0 Å². The van der Waals surface area contributed by atoms with Crippen LogP contribution in [0.5, 0.6) is 0 Å². The van der Waals surface area contributed by atoms with E-state index in [-0.39, 0.29) is 0 Å². The average Bonchev–Trinajstić information content (AvgIpc) is 3.14. The highest BCUT2D eigenvalue weighted by molar-refractivity contribution is 5.38. The van der Waals surface area contributed by atoms with Gasteiger partial charge < -0.3 is 5.32 Å². The molecule has 1 aromatic rings. The summed E-state index contributed by atoms with van der Waals surface area (Å²) in [5.74, 6) is 1.70. The Kier molecular flexibility index (Phi) is 4.11. The topological polar surface area (TPSA) is 12.0 Å². The minimum atomic E-state index is 0.529. The molecule has 2 rings (SSSR count). The molecule has 0 amide bonds. The zero-order valence-corrected chi connectivity index (χ0v) is 12.5. The lowest BCUT2D eigenvalue weighted by molar-refractivity contribution is 0.354. The van der Waals surface area contributed by atoms with Crippen LogP contribution in [0.4, 0.5) is 0 Å². The minimum Gasteiger partial charge on any atom is -0.310 e. The molecule has 1 aliphatic carbocycles. The van der Waals surface area contributed by atoms with Crippen LogP contribution in [0.25, 0.3) is 0 Å². The molecule has 18 heavy (non-hydrogen) atoms. The van der Waals surface area contributed by atoms with Crippen LogP contribution in [-0.4, -0.2) is 6.54 Å². The number of benzene rings is 1. The normalized spacial score (nSPS) is 18.7. The van der Waals surface area contributed by atoms with Crippen molar-refractivity contribution in [2.45, 2.75) is 53.5 Å². The van der Waals surface area contributed by atoms with Crippen molar-refractivity contribution >= 4 is 0 Å². The molecule has 1 nitrogen and oxygen atoms in total. The predicted molar refractivity (Wildman–Crippen MR) is 79.0 cm³/mol. The summed E-state index contributed by atoms with van der Waals surface area (Å²) in [6.07, 6.45) is 2.85. The lowest BCUT2D eigenvalue weighted by atomic mass is 9.86. The van der Waals surface area contributed by atoms with Crippen molar-refractivity contribution in [2.75, 3.05) is 6.54 Å². The second kappa shape index (κ2) is 5.44. The fourth-order valence-electron chi connectivity index (χ4n) is 3.01. The standard InChI is InChI=1S/C17H27N/c1-6-18-17(14(5)15-7-8-15)16-10-12(3)11(2)9-13(16)4/h9-10,14-15,17-18H,6-8H2,1-5H3. The number of aryl methyl sites for hydroxylation is 3. The smallest absolute Gasteiger partial charge is 0.0351 e. The Bertz CT molecular complexity index is 418. The number of rotatable bonds is 5. The molecule has 1 N–H and O–H groups in total. The zero-order chi connectivity index (χ0) is 13.3. The van der Waals surface area contributed by atoms with Gasteiger partial charge in [-0.05, 0) is 74.2 Å². The van der Waals surface area contributed by atoms with E-state index in [1.165, 1.54) is 35.1 Å². The number of hydrogen-bond donors (Lipinski definition) is 1. The molecule has 2 atom stereocenters. The summed E-state index contributed by atoms with van der Waals surface area (Å²) < 4.78 is 0. The zero-order valence-electron chi connectivity index (χ0n) is 12.5. The second-order valence-electron chi connectivity index (χ2n) is 6.02. The summed E-state index contributed by atoms with van der Waals surface area (Å²) in [6, 6.07) is 5.27. The van der Waals surface area contributed by atoms with Gasteiger partial charge in [0.1, 0.15) is 0 Å². The van der Waals surface area contributed by atoms with Gasteiger partial charge >= 0.3 is 0 Å². The van der Waals surface area contributed by atoms with Crippen molar-refractivity contribution < 1.29 is 0 Å². The van der Waals surface area contributed by atoms with Crippen LogP contribution >= 0.6 is 0 Å². The third kappa shape index (κ3) is 2.77. The minimum absolute atomic E-state index is 0.529. The Morgan fingerprint density at radius 3 is 2.28 bits per heavy atom. The van der Waals surface area contributed by atoms with E-state index in [9.17, 15) is 0 Å². The van der Waals surface area contributed by atoms with Crippen molar-refractivity contribution in [1.29, 1.82) is 0 Å². The molecule has 1 aromatic carbocycles. The molecule has 2 unspecified atom stereocenters. The van der Waals surface area contributed by atoms with Gasteiger partial charge in [0, 0.05) is 6.04 Å². The Morgan fingerprint density at radius 2 is 1.72 bits per heavy atom. The number of hydrogen-bond acceptors (Lipinski definition) is 1. The molecule has 1 saturated carbocycles. The Labute approximate surface area is 112 Å². The summed E-state index contributed by atoms with van der Waals surface area (Å²) in [5.41, 5.74) is 5.78. The molecule has 100 valence electrons. The molecule has 0 aromatic heterocycles. The average molecular weight is 245 g/mol. The first-order valence-electron chi connectivity index (χ1n) is 7.35. The van der Waals surface area contributed by atoms with Gasteiger partial charge in [-0.15, -0.1) is 0 Å². The highest BCUT2D eigenvalue weighted by Gasteiger charge is 2.34. The van der Waals surface area contributed by atoms with Crippen molar-refractivity contribution in [3.63, 3.8) is 0 Å². The molecule has 1 heteroatoms. The van der Waals surface area contributed by atoms with Gasteiger partial charge in [0.25, 0.3) is 0 Å². The molecular weight excluding hydrogens is 218 g/mol. The van der Waals surface area contributed by atoms with E-state index in [1.807, 2.05) is 0 Å². The Balaban J connectivity index is 2.32. The van der Waals surface area contributed by atoms with Crippen LogP contribution in [-0.2, 0) is 0 Å². The van der Waals surface area contributed by atoms with E-state index in [2.05, 4.69) is 52.1 Å². The van der Waals surface area contributed by atoms with Gasteiger partial charge in [0.2, 0.25) is 0 Å².